The Balaban J connectivity index is 2.05. The van der Waals surface area contributed by atoms with Crippen molar-refractivity contribution in [1.29, 1.82) is 0 Å². The van der Waals surface area contributed by atoms with Gasteiger partial charge in [-0.15, -0.1) is 0 Å². The minimum atomic E-state index is 0.228. The smallest absolute Gasteiger partial charge is 0.223 e. The maximum atomic E-state index is 11.8. The van der Waals surface area contributed by atoms with E-state index in [1.807, 2.05) is 11.0 Å². The minimum absolute atomic E-state index is 0.228. The zero-order valence-electron chi connectivity index (χ0n) is 9.32. The number of likely N-dealkylation sites (tertiary alicyclic amines) is 1. The third-order valence-corrected chi connectivity index (χ3v) is 3.33. The summed E-state index contributed by atoms with van der Waals surface area (Å²) in [6.07, 6.45) is 5.06. The van der Waals surface area contributed by atoms with Crippen LogP contribution in [0.2, 0.25) is 5.02 Å². The lowest BCUT2D eigenvalue weighted by Crippen LogP contribution is -2.37. The van der Waals surface area contributed by atoms with Crippen LogP contribution in [0.25, 0.3) is 0 Å². The molecular formula is C12H15ClN2O. The van der Waals surface area contributed by atoms with Gasteiger partial charge in [-0.2, -0.15) is 0 Å². The summed E-state index contributed by atoms with van der Waals surface area (Å²) in [4.78, 5) is 17.6. The van der Waals surface area contributed by atoms with Crippen LogP contribution in [0.4, 0.5) is 0 Å². The Kier molecular flexibility index (Phi) is 3.44. The molecule has 0 bridgehead atoms. The van der Waals surface area contributed by atoms with Gasteiger partial charge in [-0.3, -0.25) is 9.78 Å². The van der Waals surface area contributed by atoms with Gasteiger partial charge in [0.1, 0.15) is 0 Å². The quantitative estimate of drug-likeness (QED) is 0.793. The lowest BCUT2D eigenvalue weighted by Gasteiger charge is -2.30. The van der Waals surface area contributed by atoms with Gasteiger partial charge in [0, 0.05) is 31.9 Å². The number of halogens is 1. The predicted octanol–water partition coefficient (Wildman–Crippen LogP) is 2.49. The molecule has 1 aromatic rings. The van der Waals surface area contributed by atoms with E-state index in [-0.39, 0.29) is 5.91 Å². The summed E-state index contributed by atoms with van der Waals surface area (Å²) >= 11 is 6.02. The summed E-state index contributed by atoms with van der Waals surface area (Å²) in [5, 5.41) is 0.633. The maximum Gasteiger partial charge on any atom is 0.223 e. The second kappa shape index (κ2) is 4.83. The summed E-state index contributed by atoms with van der Waals surface area (Å²) in [5.74, 6) is 0.739. The fraction of sp³-hybridized carbons (Fsp3) is 0.500. The normalized spacial score (nSPS) is 21.2. The second-order valence-corrected chi connectivity index (χ2v) is 4.79. The van der Waals surface area contributed by atoms with Crippen molar-refractivity contribution < 1.29 is 4.79 Å². The molecule has 1 aromatic heterocycles. The van der Waals surface area contributed by atoms with Gasteiger partial charge in [0.15, 0.2) is 0 Å². The third kappa shape index (κ3) is 2.53. The highest BCUT2D eigenvalue weighted by Gasteiger charge is 2.23. The van der Waals surface area contributed by atoms with Crippen LogP contribution in [0.5, 0.6) is 0 Å². The monoisotopic (exact) mass is 238 g/mol. The Morgan fingerprint density at radius 2 is 2.44 bits per heavy atom. The van der Waals surface area contributed by atoms with E-state index in [9.17, 15) is 4.79 Å². The fourth-order valence-corrected chi connectivity index (χ4v) is 2.11. The van der Waals surface area contributed by atoms with E-state index in [1.54, 1.807) is 12.4 Å². The van der Waals surface area contributed by atoms with Crippen molar-refractivity contribution in [1.82, 2.24) is 9.88 Å². The number of pyridine rings is 1. The Morgan fingerprint density at radius 1 is 1.62 bits per heavy atom. The largest absolute Gasteiger partial charge is 0.338 e. The summed E-state index contributed by atoms with van der Waals surface area (Å²) < 4.78 is 0. The number of hydrogen-bond donors (Lipinski definition) is 0. The summed E-state index contributed by atoms with van der Waals surface area (Å²) in [6, 6.07) is 1.87. The highest BCUT2D eigenvalue weighted by atomic mass is 35.5. The van der Waals surface area contributed by atoms with Crippen molar-refractivity contribution in [3.8, 4) is 0 Å². The predicted molar refractivity (Wildman–Crippen MR) is 63.1 cm³/mol. The van der Waals surface area contributed by atoms with Gasteiger partial charge in [-0.25, -0.2) is 0 Å². The van der Waals surface area contributed by atoms with Gasteiger partial charge in [0.25, 0.3) is 0 Å². The first-order chi connectivity index (χ1) is 7.66. The van der Waals surface area contributed by atoms with Crippen LogP contribution < -0.4 is 0 Å². The van der Waals surface area contributed by atoms with Gasteiger partial charge in [0.05, 0.1) is 5.02 Å². The topological polar surface area (TPSA) is 33.2 Å². The van der Waals surface area contributed by atoms with E-state index in [4.69, 9.17) is 11.6 Å². The van der Waals surface area contributed by atoms with Gasteiger partial charge in [0.2, 0.25) is 5.91 Å². The molecule has 0 aliphatic carbocycles. The van der Waals surface area contributed by atoms with Crippen molar-refractivity contribution in [2.24, 2.45) is 5.92 Å². The molecule has 1 fully saturated rings. The highest BCUT2D eigenvalue weighted by molar-refractivity contribution is 6.31. The molecule has 0 radical (unpaired) electrons. The van der Waals surface area contributed by atoms with Crippen molar-refractivity contribution in [2.45, 2.75) is 26.3 Å². The Hall–Kier alpha value is -1.09. The van der Waals surface area contributed by atoms with E-state index < -0.39 is 0 Å². The molecule has 2 rings (SSSR count). The van der Waals surface area contributed by atoms with Crippen LogP contribution in [-0.2, 0) is 11.3 Å². The molecule has 16 heavy (non-hydrogen) atoms. The molecular weight excluding hydrogens is 224 g/mol. The van der Waals surface area contributed by atoms with Crippen LogP contribution in [-0.4, -0.2) is 22.3 Å². The molecule has 0 N–H and O–H groups in total. The van der Waals surface area contributed by atoms with Crippen LogP contribution in [0.3, 0.4) is 0 Å². The van der Waals surface area contributed by atoms with Crippen LogP contribution in [0.1, 0.15) is 25.3 Å². The van der Waals surface area contributed by atoms with E-state index >= 15 is 0 Å². The van der Waals surface area contributed by atoms with Gasteiger partial charge < -0.3 is 4.90 Å². The molecule has 4 heteroatoms. The number of rotatable bonds is 2. The van der Waals surface area contributed by atoms with Gasteiger partial charge in [-0.1, -0.05) is 18.5 Å². The van der Waals surface area contributed by atoms with E-state index in [2.05, 4.69) is 11.9 Å². The molecule has 1 saturated heterocycles. The molecule has 1 unspecified atom stereocenters. The number of amides is 1. The number of carbonyl (C=O) groups is 1. The number of carbonyl (C=O) groups excluding carboxylic acids is 1. The lowest BCUT2D eigenvalue weighted by molar-refractivity contribution is -0.135. The van der Waals surface area contributed by atoms with Crippen molar-refractivity contribution >= 4 is 17.5 Å². The molecule has 0 saturated carbocycles. The van der Waals surface area contributed by atoms with Crippen LogP contribution >= 0.6 is 11.6 Å². The van der Waals surface area contributed by atoms with E-state index in [0.29, 0.717) is 23.9 Å². The number of nitrogens with zero attached hydrogens (tertiary/aromatic N) is 2. The summed E-state index contributed by atoms with van der Waals surface area (Å²) in [5.41, 5.74) is 0.972. The number of aromatic nitrogens is 1. The van der Waals surface area contributed by atoms with Gasteiger partial charge in [-0.05, 0) is 24.0 Å². The Bertz CT molecular complexity index is 394. The van der Waals surface area contributed by atoms with Crippen molar-refractivity contribution in [3.05, 3.63) is 29.0 Å². The van der Waals surface area contributed by atoms with Gasteiger partial charge >= 0.3 is 0 Å². The molecule has 0 aromatic carbocycles. The van der Waals surface area contributed by atoms with Crippen LogP contribution in [0.15, 0.2) is 18.5 Å². The van der Waals surface area contributed by atoms with E-state index in [1.165, 1.54) is 0 Å². The number of hydrogen-bond acceptors (Lipinski definition) is 2. The summed E-state index contributed by atoms with van der Waals surface area (Å²) in [6.45, 7) is 3.56. The highest BCUT2D eigenvalue weighted by Crippen LogP contribution is 2.21. The molecule has 86 valence electrons. The molecule has 1 amide bonds. The Labute approximate surface area is 100 Å². The minimum Gasteiger partial charge on any atom is -0.338 e. The Morgan fingerprint density at radius 3 is 3.12 bits per heavy atom. The third-order valence-electron chi connectivity index (χ3n) is 2.99. The average Bonchev–Trinajstić information content (AvgIpc) is 2.25. The standard InChI is InChI=1S/C12H15ClN2O/c1-9-3-5-15(12(16)6-9)8-10-2-4-14-7-11(10)13/h2,4,7,9H,3,5-6,8H2,1H3. The molecule has 3 nitrogen and oxygen atoms in total. The van der Waals surface area contributed by atoms with Crippen molar-refractivity contribution in [3.63, 3.8) is 0 Å². The van der Waals surface area contributed by atoms with Crippen LogP contribution in [0, 0.1) is 5.92 Å². The first kappa shape index (κ1) is 11.4. The zero-order valence-corrected chi connectivity index (χ0v) is 10.1. The molecule has 2 heterocycles. The first-order valence-electron chi connectivity index (χ1n) is 5.53. The zero-order chi connectivity index (χ0) is 11.5. The maximum absolute atomic E-state index is 11.8. The number of piperidine rings is 1. The average molecular weight is 239 g/mol. The fourth-order valence-electron chi connectivity index (χ4n) is 1.94. The molecule has 1 atom stereocenters. The second-order valence-electron chi connectivity index (χ2n) is 4.38. The SMILES string of the molecule is CC1CCN(Cc2ccncc2Cl)C(=O)C1. The lowest BCUT2D eigenvalue weighted by atomic mass is 9.98. The molecule has 0 spiro atoms. The first-order valence-corrected chi connectivity index (χ1v) is 5.91. The molecule has 1 aliphatic heterocycles. The van der Waals surface area contributed by atoms with E-state index in [0.717, 1.165) is 18.5 Å². The van der Waals surface area contributed by atoms with Crippen molar-refractivity contribution in [2.75, 3.05) is 6.54 Å². The molecule has 1 aliphatic rings. The summed E-state index contributed by atoms with van der Waals surface area (Å²) in [7, 11) is 0.